The molecule has 0 unspecified atom stereocenters. The Morgan fingerprint density at radius 3 is 2.73 bits per heavy atom. The van der Waals surface area contributed by atoms with Crippen molar-refractivity contribution < 1.29 is 14.3 Å². The zero-order chi connectivity index (χ0) is 18.5. The van der Waals surface area contributed by atoms with Gasteiger partial charge >= 0.3 is 5.97 Å². The molecule has 0 saturated heterocycles. The van der Waals surface area contributed by atoms with Crippen LogP contribution in [0.25, 0.3) is 0 Å². The lowest BCUT2D eigenvalue weighted by atomic mass is 10.1. The third-order valence-corrected chi connectivity index (χ3v) is 5.01. The first kappa shape index (κ1) is 18.2. The Balaban J connectivity index is 1.56. The molecule has 0 aliphatic heterocycles. The topological polar surface area (TPSA) is 112 Å². The third kappa shape index (κ3) is 4.54. The first-order chi connectivity index (χ1) is 12.6. The van der Waals surface area contributed by atoms with Crippen molar-refractivity contribution in [3.05, 3.63) is 41.7 Å². The Morgan fingerprint density at radius 2 is 2.08 bits per heavy atom. The molecule has 1 saturated carbocycles. The number of hydrogen-bond acceptors (Lipinski definition) is 7. The Bertz CT molecular complexity index is 776. The van der Waals surface area contributed by atoms with Gasteiger partial charge in [0.05, 0.1) is 12.9 Å². The Morgan fingerprint density at radius 1 is 1.35 bits per heavy atom. The molecule has 1 aromatic carbocycles. The third-order valence-electron chi connectivity index (χ3n) is 4.07. The van der Waals surface area contributed by atoms with E-state index >= 15 is 0 Å². The minimum Gasteiger partial charge on any atom is -0.467 e. The van der Waals surface area contributed by atoms with Crippen molar-refractivity contribution in [3.63, 3.8) is 0 Å². The van der Waals surface area contributed by atoms with Crippen LogP contribution < -0.4 is 11.2 Å². The van der Waals surface area contributed by atoms with E-state index in [2.05, 4.69) is 15.5 Å². The van der Waals surface area contributed by atoms with Crippen molar-refractivity contribution in [2.75, 3.05) is 18.7 Å². The number of amides is 1. The van der Waals surface area contributed by atoms with Crippen LogP contribution in [0, 0.1) is 0 Å². The number of esters is 1. The monoisotopic (exact) mass is 375 g/mol. The minimum absolute atomic E-state index is 0.0856. The number of ether oxygens (including phenoxy) is 1. The number of carbonyl (C=O) groups is 2. The molecule has 1 heterocycles. The Labute approximate surface area is 155 Å². The molecule has 3 N–H and O–H groups in total. The number of nitrogens with zero attached hydrogens (tertiary/aromatic N) is 3. The highest BCUT2D eigenvalue weighted by Gasteiger charge is 2.30. The van der Waals surface area contributed by atoms with Crippen LogP contribution in [-0.4, -0.2) is 45.7 Å². The number of nitrogen functional groups attached to an aromatic ring is 1. The second-order valence-corrected chi connectivity index (χ2v) is 7.05. The SMILES string of the molecule is COC(=O)[C@H](Cc1ccccc1)NC(=O)CSc1nnc(C2CC2)n1N. The van der Waals surface area contributed by atoms with E-state index in [4.69, 9.17) is 10.6 Å². The van der Waals surface area contributed by atoms with Gasteiger partial charge in [-0.1, -0.05) is 42.1 Å². The number of rotatable bonds is 8. The molecule has 26 heavy (non-hydrogen) atoms. The van der Waals surface area contributed by atoms with E-state index in [0.29, 0.717) is 17.5 Å². The van der Waals surface area contributed by atoms with Gasteiger partial charge in [0.1, 0.15) is 6.04 Å². The van der Waals surface area contributed by atoms with Crippen LogP contribution in [0.2, 0.25) is 0 Å². The van der Waals surface area contributed by atoms with Crippen LogP contribution in [0.3, 0.4) is 0 Å². The highest BCUT2D eigenvalue weighted by Crippen LogP contribution is 2.39. The molecule has 1 fully saturated rings. The fourth-order valence-corrected chi connectivity index (χ4v) is 3.23. The maximum absolute atomic E-state index is 12.3. The number of methoxy groups -OCH3 is 1. The maximum atomic E-state index is 12.3. The number of nitrogens with two attached hydrogens (primary N) is 1. The van der Waals surface area contributed by atoms with Crippen molar-refractivity contribution in [1.82, 2.24) is 20.2 Å². The summed E-state index contributed by atoms with van der Waals surface area (Å²) in [6, 6.07) is 8.71. The van der Waals surface area contributed by atoms with E-state index in [0.717, 1.165) is 24.2 Å². The molecule has 1 atom stereocenters. The van der Waals surface area contributed by atoms with E-state index in [1.165, 1.54) is 23.5 Å². The molecule has 138 valence electrons. The van der Waals surface area contributed by atoms with Crippen LogP contribution >= 0.6 is 11.8 Å². The van der Waals surface area contributed by atoms with Crippen molar-refractivity contribution in [2.24, 2.45) is 0 Å². The molecule has 1 aliphatic carbocycles. The van der Waals surface area contributed by atoms with Crippen molar-refractivity contribution in [2.45, 2.75) is 36.4 Å². The lowest BCUT2D eigenvalue weighted by Gasteiger charge is -2.16. The van der Waals surface area contributed by atoms with Crippen LogP contribution in [0.1, 0.15) is 30.1 Å². The van der Waals surface area contributed by atoms with Crippen LogP contribution in [0.5, 0.6) is 0 Å². The summed E-state index contributed by atoms with van der Waals surface area (Å²) in [6.45, 7) is 0. The Hall–Kier alpha value is -2.55. The summed E-state index contributed by atoms with van der Waals surface area (Å²) < 4.78 is 6.24. The van der Waals surface area contributed by atoms with Gasteiger partial charge < -0.3 is 15.9 Å². The number of hydrogen-bond donors (Lipinski definition) is 2. The lowest BCUT2D eigenvalue weighted by molar-refractivity contribution is -0.144. The highest BCUT2D eigenvalue weighted by atomic mass is 32.2. The number of carbonyl (C=O) groups excluding carboxylic acids is 2. The van der Waals surface area contributed by atoms with Crippen LogP contribution in [-0.2, 0) is 20.7 Å². The van der Waals surface area contributed by atoms with Gasteiger partial charge in [0.15, 0.2) is 5.82 Å². The summed E-state index contributed by atoms with van der Waals surface area (Å²) in [7, 11) is 1.30. The standard InChI is InChI=1S/C17H21N5O3S/c1-25-16(24)13(9-11-5-3-2-4-6-11)19-14(23)10-26-17-21-20-15(22(17)18)12-7-8-12/h2-6,12-13H,7-10,18H2,1H3,(H,19,23)/t13-/m0/s1. The average molecular weight is 375 g/mol. The second-order valence-electron chi connectivity index (χ2n) is 6.11. The van der Waals surface area contributed by atoms with E-state index in [9.17, 15) is 9.59 Å². The molecule has 1 amide bonds. The molecule has 1 aliphatic rings. The molecule has 0 spiro atoms. The zero-order valence-electron chi connectivity index (χ0n) is 14.4. The molecule has 9 heteroatoms. The Kier molecular flexibility index (Phi) is 5.77. The number of nitrogens with one attached hydrogen (secondary N) is 1. The van der Waals surface area contributed by atoms with Crippen molar-refractivity contribution in [1.29, 1.82) is 0 Å². The van der Waals surface area contributed by atoms with Gasteiger partial charge in [0, 0.05) is 12.3 Å². The largest absolute Gasteiger partial charge is 0.467 e. The summed E-state index contributed by atoms with van der Waals surface area (Å²) in [5.41, 5.74) is 0.937. The van der Waals surface area contributed by atoms with E-state index in [1.807, 2.05) is 30.3 Å². The number of benzene rings is 1. The lowest BCUT2D eigenvalue weighted by Crippen LogP contribution is -2.43. The van der Waals surface area contributed by atoms with E-state index in [-0.39, 0.29) is 11.7 Å². The average Bonchev–Trinajstić information content (AvgIpc) is 3.43. The fraction of sp³-hybridized carbons (Fsp3) is 0.412. The molecule has 0 radical (unpaired) electrons. The smallest absolute Gasteiger partial charge is 0.328 e. The van der Waals surface area contributed by atoms with Crippen molar-refractivity contribution >= 4 is 23.6 Å². The first-order valence-electron chi connectivity index (χ1n) is 8.32. The number of aromatic nitrogens is 3. The van der Waals surface area contributed by atoms with Crippen LogP contribution in [0.4, 0.5) is 0 Å². The van der Waals surface area contributed by atoms with Gasteiger partial charge in [-0.25, -0.2) is 9.47 Å². The number of thioether (sulfide) groups is 1. The minimum atomic E-state index is -0.742. The molecular weight excluding hydrogens is 354 g/mol. The summed E-state index contributed by atoms with van der Waals surface area (Å²) in [4.78, 5) is 24.2. The molecular formula is C17H21N5O3S. The summed E-state index contributed by atoms with van der Waals surface area (Å²) in [5, 5.41) is 11.3. The van der Waals surface area contributed by atoms with Gasteiger partial charge in [0.25, 0.3) is 0 Å². The molecule has 0 bridgehead atoms. The predicted octanol–water partition coefficient (Wildman–Crippen LogP) is 0.862. The van der Waals surface area contributed by atoms with Gasteiger partial charge in [-0.2, -0.15) is 0 Å². The fourth-order valence-electron chi connectivity index (χ4n) is 2.56. The van der Waals surface area contributed by atoms with Gasteiger partial charge in [-0.15, -0.1) is 10.2 Å². The van der Waals surface area contributed by atoms with Gasteiger partial charge in [-0.3, -0.25) is 4.79 Å². The summed E-state index contributed by atoms with van der Waals surface area (Å²) in [5.74, 6) is 6.41. The molecule has 3 rings (SSSR count). The summed E-state index contributed by atoms with van der Waals surface area (Å²) in [6.07, 6.45) is 2.50. The zero-order valence-corrected chi connectivity index (χ0v) is 15.2. The van der Waals surface area contributed by atoms with E-state index in [1.54, 1.807) is 0 Å². The quantitative estimate of drug-likeness (QED) is 0.400. The normalized spacial score (nSPS) is 14.7. The molecule has 2 aromatic rings. The second kappa shape index (κ2) is 8.22. The summed E-state index contributed by atoms with van der Waals surface area (Å²) >= 11 is 1.19. The highest BCUT2D eigenvalue weighted by molar-refractivity contribution is 7.99. The van der Waals surface area contributed by atoms with E-state index < -0.39 is 12.0 Å². The van der Waals surface area contributed by atoms with Gasteiger partial charge in [-0.05, 0) is 18.4 Å². The first-order valence-corrected chi connectivity index (χ1v) is 9.31. The van der Waals surface area contributed by atoms with Crippen molar-refractivity contribution in [3.8, 4) is 0 Å². The van der Waals surface area contributed by atoms with Crippen LogP contribution in [0.15, 0.2) is 35.5 Å². The van der Waals surface area contributed by atoms with Gasteiger partial charge in [0.2, 0.25) is 11.1 Å². The predicted molar refractivity (Wildman–Crippen MR) is 97.0 cm³/mol. The maximum Gasteiger partial charge on any atom is 0.328 e. The molecule has 8 nitrogen and oxygen atoms in total. The molecule has 1 aromatic heterocycles.